The van der Waals surface area contributed by atoms with Gasteiger partial charge in [-0.3, -0.25) is 0 Å². The van der Waals surface area contributed by atoms with Crippen LogP contribution in [-0.4, -0.2) is 80.4 Å². The number of fused-ring (bicyclic) bond motifs is 2. The zero-order valence-corrected chi connectivity index (χ0v) is 25.2. The van der Waals surface area contributed by atoms with Gasteiger partial charge in [0.05, 0.1) is 19.0 Å². The Morgan fingerprint density at radius 2 is 1.79 bits per heavy atom. The Hall–Kier alpha value is -3.73. The van der Waals surface area contributed by atoms with E-state index < -0.39 is 5.60 Å². The van der Waals surface area contributed by atoms with E-state index in [9.17, 15) is 4.79 Å². The number of pyridine rings is 1. The minimum atomic E-state index is -0.492. The predicted molar refractivity (Wildman–Crippen MR) is 158 cm³/mol. The van der Waals surface area contributed by atoms with E-state index in [1.54, 1.807) is 7.11 Å². The molecular weight excluding hydrogens is 534 g/mol. The van der Waals surface area contributed by atoms with Crippen molar-refractivity contribution in [3.8, 4) is 28.4 Å². The fourth-order valence-electron chi connectivity index (χ4n) is 6.44. The summed E-state index contributed by atoms with van der Waals surface area (Å²) in [5.74, 6) is 1.31. The van der Waals surface area contributed by atoms with Crippen LogP contribution in [0.3, 0.4) is 0 Å². The van der Waals surface area contributed by atoms with Crippen LogP contribution in [0.2, 0.25) is 0 Å². The molecule has 2 bridgehead atoms. The van der Waals surface area contributed by atoms with Crippen molar-refractivity contribution in [2.45, 2.75) is 95.7 Å². The van der Waals surface area contributed by atoms with Gasteiger partial charge in [0.1, 0.15) is 17.5 Å². The van der Waals surface area contributed by atoms with Crippen LogP contribution >= 0.6 is 0 Å². The van der Waals surface area contributed by atoms with Gasteiger partial charge in [-0.05, 0) is 90.0 Å². The van der Waals surface area contributed by atoms with E-state index in [-0.39, 0.29) is 30.4 Å². The number of methoxy groups -OCH3 is 1. The van der Waals surface area contributed by atoms with Crippen LogP contribution in [0.5, 0.6) is 5.88 Å². The molecule has 3 aliphatic rings. The van der Waals surface area contributed by atoms with E-state index in [4.69, 9.17) is 19.2 Å². The third-order valence-electron chi connectivity index (χ3n) is 8.55. The second-order valence-electron chi connectivity index (χ2n) is 12.6. The molecule has 0 aromatic carbocycles. The molecule has 0 radical (unpaired) electrons. The van der Waals surface area contributed by atoms with Gasteiger partial charge in [0, 0.05) is 49.1 Å². The van der Waals surface area contributed by atoms with Crippen LogP contribution in [-0.2, 0) is 9.47 Å². The van der Waals surface area contributed by atoms with Crippen LogP contribution < -0.4 is 9.64 Å². The lowest BCUT2D eigenvalue weighted by atomic mass is 9.96. The van der Waals surface area contributed by atoms with Gasteiger partial charge in [-0.2, -0.15) is 5.10 Å². The smallest absolute Gasteiger partial charge is 0.410 e. The number of hydrogen-bond donors (Lipinski definition) is 0. The lowest BCUT2D eigenvalue weighted by Crippen LogP contribution is -2.53. The summed E-state index contributed by atoms with van der Waals surface area (Å²) in [4.78, 5) is 21.8. The van der Waals surface area contributed by atoms with Crippen LogP contribution in [0, 0.1) is 0 Å². The summed E-state index contributed by atoms with van der Waals surface area (Å²) in [7, 11) is 3.68. The van der Waals surface area contributed by atoms with Crippen molar-refractivity contribution in [3.05, 3.63) is 36.7 Å². The van der Waals surface area contributed by atoms with Gasteiger partial charge < -0.3 is 24.0 Å². The van der Waals surface area contributed by atoms with E-state index >= 15 is 0 Å². The highest BCUT2D eigenvalue weighted by atomic mass is 16.6. The van der Waals surface area contributed by atoms with Crippen molar-refractivity contribution in [2.75, 3.05) is 25.7 Å². The van der Waals surface area contributed by atoms with Crippen LogP contribution in [0.1, 0.15) is 71.9 Å². The van der Waals surface area contributed by atoms with Gasteiger partial charge in [-0.15, -0.1) is 10.2 Å². The Morgan fingerprint density at radius 3 is 2.43 bits per heavy atom. The standard InChI is InChI=1S/C31H41N7O4/c1-31(2,3)42-30(39)38-21-9-10-22(38)17-23(16-21)36(4)27-14-13-26(34-35-27)25-12-11-24(29(33-25)40-5)20-18-32-37(19-20)28-8-6-7-15-41-28/h11-14,18-19,21-23,28H,6-10,15-17H2,1-5H3. The van der Waals surface area contributed by atoms with Crippen molar-refractivity contribution in [1.82, 2.24) is 29.9 Å². The Kier molecular flexibility index (Phi) is 7.78. The van der Waals surface area contributed by atoms with Gasteiger partial charge in [0.25, 0.3) is 0 Å². The van der Waals surface area contributed by atoms with E-state index in [0.29, 0.717) is 17.3 Å². The van der Waals surface area contributed by atoms with Gasteiger partial charge in [-0.1, -0.05) is 0 Å². The molecule has 224 valence electrons. The summed E-state index contributed by atoms with van der Waals surface area (Å²) in [6, 6.07) is 8.51. The summed E-state index contributed by atoms with van der Waals surface area (Å²) in [6.45, 7) is 6.51. The van der Waals surface area contributed by atoms with E-state index in [2.05, 4.69) is 27.2 Å². The molecule has 3 aromatic rings. The highest BCUT2D eigenvalue weighted by Crippen LogP contribution is 2.39. The summed E-state index contributed by atoms with van der Waals surface area (Å²) >= 11 is 0. The molecule has 0 aliphatic carbocycles. The Balaban J connectivity index is 1.13. The number of piperidine rings is 1. The van der Waals surface area contributed by atoms with E-state index in [1.165, 1.54) is 0 Å². The molecular formula is C31H41N7O4. The maximum Gasteiger partial charge on any atom is 0.410 e. The number of carbonyl (C=O) groups is 1. The quantitative estimate of drug-likeness (QED) is 0.378. The number of ether oxygens (including phenoxy) is 3. The van der Waals surface area contributed by atoms with Crippen molar-refractivity contribution >= 4 is 11.9 Å². The molecule has 6 heterocycles. The number of nitrogens with zero attached hydrogens (tertiary/aromatic N) is 7. The highest BCUT2D eigenvalue weighted by molar-refractivity contribution is 5.71. The van der Waals surface area contributed by atoms with Gasteiger partial charge in [0.15, 0.2) is 5.82 Å². The lowest BCUT2D eigenvalue weighted by Gasteiger charge is -2.42. The molecule has 3 atom stereocenters. The maximum atomic E-state index is 12.9. The first kappa shape index (κ1) is 28.4. The second kappa shape index (κ2) is 11.5. The van der Waals surface area contributed by atoms with Gasteiger partial charge in [-0.25, -0.2) is 14.5 Å². The summed E-state index contributed by atoms with van der Waals surface area (Å²) < 4.78 is 19.1. The third-order valence-corrected chi connectivity index (χ3v) is 8.55. The summed E-state index contributed by atoms with van der Waals surface area (Å²) in [5.41, 5.74) is 2.65. The number of hydrogen-bond acceptors (Lipinski definition) is 9. The predicted octanol–water partition coefficient (Wildman–Crippen LogP) is 5.48. The second-order valence-corrected chi connectivity index (χ2v) is 12.6. The Bertz CT molecular complexity index is 1380. The Labute approximate surface area is 247 Å². The van der Waals surface area contributed by atoms with Crippen molar-refractivity contribution in [1.29, 1.82) is 0 Å². The van der Waals surface area contributed by atoms with Crippen molar-refractivity contribution in [3.63, 3.8) is 0 Å². The van der Waals surface area contributed by atoms with Crippen LogP contribution in [0.4, 0.5) is 10.6 Å². The highest BCUT2D eigenvalue weighted by Gasteiger charge is 2.46. The Morgan fingerprint density at radius 1 is 1.02 bits per heavy atom. The fourth-order valence-corrected chi connectivity index (χ4v) is 6.44. The normalized spacial score (nSPS) is 24.0. The molecule has 42 heavy (non-hydrogen) atoms. The average molecular weight is 576 g/mol. The maximum absolute atomic E-state index is 12.9. The van der Waals surface area contributed by atoms with Crippen LogP contribution in [0.25, 0.3) is 22.5 Å². The molecule has 3 saturated heterocycles. The van der Waals surface area contributed by atoms with Gasteiger partial charge >= 0.3 is 6.09 Å². The fraction of sp³-hybridized carbons (Fsp3) is 0.581. The molecule has 11 heteroatoms. The number of aromatic nitrogens is 5. The molecule has 6 rings (SSSR count). The largest absolute Gasteiger partial charge is 0.481 e. The first-order valence-electron chi connectivity index (χ1n) is 15.0. The molecule has 1 amide bonds. The molecule has 11 nitrogen and oxygen atoms in total. The van der Waals surface area contributed by atoms with Crippen molar-refractivity contribution in [2.24, 2.45) is 0 Å². The molecule has 3 aromatic heterocycles. The summed E-state index contributed by atoms with van der Waals surface area (Å²) in [6.07, 6.45) is 10.6. The van der Waals surface area contributed by atoms with Crippen molar-refractivity contribution < 1.29 is 19.0 Å². The zero-order chi connectivity index (χ0) is 29.4. The number of anilines is 1. The number of carbonyl (C=O) groups excluding carboxylic acids is 1. The molecule has 3 aliphatic heterocycles. The lowest BCUT2D eigenvalue weighted by molar-refractivity contribution is -0.0394. The molecule has 0 N–H and O–H groups in total. The first-order valence-corrected chi connectivity index (χ1v) is 15.0. The number of amides is 1. The van der Waals surface area contributed by atoms with E-state index in [1.807, 2.05) is 67.0 Å². The molecule has 3 fully saturated rings. The molecule has 0 saturated carbocycles. The molecule has 3 unspecified atom stereocenters. The van der Waals surface area contributed by atoms with Crippen LogP contribution in [0.15, 0.2) is 36.7 Å². The first-order chi connectivity index (χ1) is 20.2. The monoisotopic (exact) mass is 575 g/mol. The summed E-state index contributed by atoms with van der Waals surface area (Å²) in [5, 5.41) is 13.6. The zero-order valence-electron chi connectivity index (χ0n) is 25.2. The number of rotatable bonds is 6. The third kappa shape index (κ3) is 5.79. The molecule has 0 spiro atoms. The van der Waals surface area contributed by atoms with E-state index in [0.717, 1.165) is 68.5 Å². The van der Waals surface area contributed by atoms with Gasteiger partial charge in [0.2, 0.25) is 5.88 Å². The SMILES string of the molecule is COc1nc(-c2ccc(N(C)C3CC4CCC(C3)N4C(=O)OC(C)(C)C)nn2)ccc1-c1cnn(C2CCCCO2)c1. The minimum Gasteiger partial charge on any atom is -0.481 e. The average Bonchev–Trinajstić information content (AvgIpc) is 3.58. The topological polar surface area (TPSA) is 108 Å². The minimum absolute atomic E-state index is 0.0228.